The van der Waals surface area contributed by atoms with E-state index in [-0.39, 0.29) is 0 Å². The molecule has 0 fully saturated rings. The first-order chi connectivity index (χ1) is 19.7. The van der Waals surface area contributed by atoms with Crippen molar-refractivity contribution in [2.24, 2.45) is 0 Å². The molecule has 0 radical (unpaired) electrons. The molecule has 0 spiro atoms. The summed E-state index contributed by atoms with van der Waals surface area (Å²) in [4.78, 5) is 0. The molecular formula is C33H41NO3P2Si. The zero-order valence-electron chi connectivity index (χ0n) is 23.9. The SMILES string of the molecule is CCO[Si](CCCN(P(c1ccccc1)c1ccccc1)P(c1ccccc1)c1ccccc1)(OCC)OCC. The van der Waals surface area contributed by atoms with E-state index in [1.165, 1.54) is 21.2 Å². The molecule has 0 atom stereocenters. The molecule has 0 aliphatic carbocycles. The van der Waals surface area contributed by atoms with Crippen LogP contribution in [0, 0.1) is 0 Å². The van der Waals surface area contributed by atoms with Gasteiger partial charge in [-0.15, -0.1) is 0 Å². The predicted molar refractivity (Wildman–Crippen MR) is 175 cm³/mol. The number of hydrogen-bond donors (Lipinski definition) is 0. The highest BCUT2D eigenvalue weighted by atomic mass is 31.2. The van der Waals surface area contributed by atoms with Gasteiger partial charge in [-0.1, -0.05) is 121 Å². The highest BCUT2D eigenvalue weighted by Gasteiger charge is 2.40. The monoisotopic (exact) mass is 589 g/mol. The first-order valence-corrected chi connectivity index (χ1v) is 18.7. The molecule has 0 bridgehead atoms. The molecule has 4 aromatic rings. The lowest BCUT2D eigenvalue weighted by molar-refractivity contribution is 0.0707. The van der Waals surface area contributed by atoms with E-state index in [1.807, 2.05) is 20.8 Å². The first kappa shape index (κ1) is 30.7. The van der Waals surface area contributed by atoms with Crippen LogP contribution in [0.3, 0.4) is 0 Å². The van der Waals surface area contributed by atoms with Gasteiger partial charge in [0.25, 0.3) is 0 Å². The number of hydrogen-bond acceptors (Lipinski definition) is 4. The van der Waals surface area contributed by atoms with Gasteiger partial charge in [-0.05, 0) is 48.4 Å². The van der Waals surface area contributed by atoms with Crippen molar-refractivity contribution in [3.63, 3.8) is 0 Å². The smallest absolute Gasteiger partial charge is 0.374 e. The summed E-state index contributed by atoms with van der Waals surface area (Å²) in [5, 5.41) is 5.41. The highest BCUT2D eigenvalue weighted by molar-refractivity contribution is 7.84. The van der Waals surface area contributed by atoms with Gasteiger partial charge in [-0.25, -0.2) is 4.44 Å². The van der Waals surface area contributed by atoms with E-state index in [1.54, 1.807) is 0 Å². The Bertz CT molecular complexity index is 1060. The molecule has 40 heavy (non-hydrogen) atoms. The summed E-state index contributed by atoms with van der Waals surface area (Å²) in [7, 11) is -4.40. The average molecular weight is 590 g/mol. The largest absolute Gasteiger partial charge is 0.500 e. The first-order valence-electron chi connectivity index (χ1n) is 14.2. The molecule has 4 nitrogen and oxygen atoms in total. The Kier molecular flexibility index (Phi) is 12.5. The van der Waals surface area contributed by atoms with Crippen LogP contribution < -0.4 is 21.2 Å². The van der Waals surface area contributed by atoms with E-state index in [0.717, 1.165) is 19.0 Å². The molecule has 4 aromatic carbocycles. The molecule has 0 aromatic heterocycles. The molecule has 0 N–H and O–H groups in total. The van der Waals surface area contributed by atoms with Gasteiger partial charge in [0.05, 0.1) is 0 Å². The van der Waals surface area contributed by atoms with E-state index in [9.17, 15) is 0 Å². The fourth-order valence-corrected chi connectivity index (χ4v) is 13.5. The lowest BCUT2D eigenvalue weighted by atomic mass is 10.4. The minimum absolute atomic E-state index is 0.595. The van der Waals surface area contributed by atoms with E-state index in [2.05, 4.69) is 126 Å². The lowest BCUT2D eigenvalue weighted by Crippen LogP contribution is -2.46. The predicted octanol–water partition coefficient (Wildman–Crippen LogP) is 6.82. The zero-order valence-corrected chi connectivity index (χ0v) is 26.6. The van der Waals surface area contributed by atoms with Gasteiger partial charge >= 0.3 is 8.80 Å². The third kappa shape index (κ3) is 8.18. The Morgan fingerprint density at radius 3 is 1.07 bits per heavy atom. The molecule has 0 saturated carbocycles. The van der Waals surface area contributed by atoms with Crippen molar-refractivity contribution in [2.75, 3.05) is 26.4 Å². The second-order valence-corrected chi connectivity index (χ2v) is 16.5. The second-order valence-electron chi connectivity index (χ2n) is 9.15. The normalized spacial score (nSPS) is 11.9. The van der Waals surface area contributed by atoms with Crippen LogP contribution in [0.4, 0.5) is 0 Å². The summed E-state index contributed by atoms with van der Waals surface area (Å²) in [6.07, 6.45) is 0.920. The lowest BCUT2D eigenvalue weighted by Gasteiger charge is -2.39. The third-order valence-corrected chi connectivity index (χ3v) is 15.1. The van der Waals surface area contributed by atoms with Crippen LogP contribution in [0.25, 0.3) is 0 Å². The van der Waals surface area contributed by atoms with Crippen LogP contribution in [-0.4, -0.2) is 39.6 Å². The van der Waals surface area contributed by atoms with Crippen molar-refractivity contribution in [1.29, 1.82) is 0 Å². The molecule has 0 heterocycles. The summed E-state index contributed by atoms with van der Waals surface area (Å²) in [6.45, 7) is 8.76. The van der Waals surface area contributed by atoms with Crippen LogP contribution in [0.2, 0.25) is 6.04 Å². The summed E-state index contributed by atoms with van der Waals surface area (Å²) in [5.74, 6) is 0. The van der Waals surface area contributed by atoms with Crippen LogP contribution in [0.15, 0.2) is 121 Å². The Labute approximate surface area is 244 Å². The Hall–Kier alpha value is -2.20. The van der Waals surface area contributed by atoms with E-state index in [0.29, 0.717) is 19.8 Å². The summed E-state index contributed by atoms with van der Waals surface area (Å²) in [5.41, 5.74) is 0. The van der Waals surface area contributed by atoms with Crippen LogP contribution in [0.1, 0.15) is 27.2 Å². The molecule has 7 heteroatoms. The van der Waals surface area contributed by atoms with Crippen molar-refractivity contribution in [3.8, 4) is 0 Å². The maximum atomic E-state index is 6.24. The molecule has 0 aliphatic heterocycles. The molecule has 4 rings (SSSR count). The summed E-state index contributed by atoms with van der Waals surface area (Å²) >= 11 is 0. The molecule has 0 amide bonds. The van der Waals surface area contributed by atoms with Gasteiger partial charge in [-0.2, -0.15) is 0 Å². The third-order valence-electron chi connectivity index (χ3n) is 6.40. The van der Waals surface area contributed by atoms with Gasteiger partial charge < -0.3 is 13.3 Å². The van der Waals surface area contributed by atoms with Crippen molar-refractivity contribution in [3.05, 3.63) is 121 Å². The fourth-order valence-electron chi connectivity index (χ4n) is 4.84. The average Bonchev–Trinajstić information content (AvgIpc) is 3.00. The minimum Gasteiger partial charge on any atom is -0.374 e. The molecule has 0 saturated heterocycles. The molecular weight excluding hydrogens is 548 g/mol. The Morgan fingerprint density at radius 2 is 0.800 bits per heavy atom. The van der Waals surface area contributed by atoms with E-state index >= 15 is 0 Å². The van der Waals surface area contributed by atoms with Crippen molar-refractivity contribution < 1.29 is 13.3 Å². The second kappa shape index (κ2) is 16.3. The van der Waals surface area contributed by atoms with Gasteiger partial charge in [-0.3, -0.25) is 0 Å². The van der Waals surface area contributed by atoms with Crippen LogP contribution in [-0.2, 0) is 13.3 Å². The van der Waals surface area contributed by atoms with Crippen LogP contribution >= 0.6 is 16.1 Å². The number of rotatable bonds is 16. The quantitative estimate of drug-likeness (QED) is 0.106. The van der Waals surface area contributed by atoms with Gasteiger partial charge in [0.2, 0.25) is 0 Å². The summed E-state index contributed by atoms with van der Waals surface area (Å²) in [6, 6.07) is 44.8. The van der Waals surface area contributed by atoms with Gasteiger partial charge in [0.15, 0.2) is 0 Å². The number of benzene rings is 4. The maximum absolute atomic E-state index is 6.24. The summed E-state index contributed by atoms with van der Waals surface area (Å²) < 4.78 is 21.5. The minimum atomic E-state index is -2.76. The zero-order chi connectivity index (χ0) is 28.0. The molecule has 0 unspecified atom stereocenters. The van der Waals surface area contributed by atoms with Crippen molar-refractivity contribution in [2.45, 2.75) is 33.2 Å². The maximum Gasteiger partial charge on any atom is 0.500 e. The van der Waals surface area contributed by atoms with E-state index in [4.69, 9.17) is 13.3 Å². The highest BCUT2D eigenvalue weighted by Crippen LogP contribution is 2.54. The topological polar surface area (TPSA) is 30.9 Å². The standard InChI is InChI=1S/C33H41NO3P2Si/c1-4-35-40(36-5-2,37-6-3)29-19-28-34(38(30-20-11-7-12-21-30)31-22-13-8-14-23-31)39(32-24-15-9-16-25-32)33-26-17-10-18-27-33/h7-18,20-27H,4-6,19,28-29H2,1-3H3. The van der Waals surface area contributed by atoms with Crippen molar-refractivity contribution in [1.82, 2.24) is 4.44 Å². The van der Waals surface area contributed by atoms with Gasteiger partial charge in [0.1, 0.15) is 0 Å². The fraction of sp³-hybridized carbons (Fsp3) is 0.273. The van der Waals surface area contributed by atoms with Crippen molar-refractivity contribution >= 4 is 46.2 Å². The molecule has 0 aliphatic rings. The van der Waals surface area contributed by atoms with E-state index < -0.39 is 24.9 Å². The Balaban J connectivity index is 1.81. The van der Waals surface area contributed by atoms with Crippen LogP contribution in [0.5, 0.6) is 0 Å². The Morgan fingerprint density at radius 1 is 0.500 bits per heavy atom. The molecule has 210 valence electrons. The van der Waals surface area contributed by atoms with Gasteiger partial charge in [0, 0.05) is 48.6 Å². The number of nitrogens with zero attached hydrogens (tertiary/aromatic N) is 1.